The highest BCUT2D eigenvalue weighted by Crippen LogP contribution is 2.36. The molecular weight excluding hydrogens is 286 g/mol. The van der Waals surface area contributed by atoms with Gasteiger partial charge >= 0.3 is 0 Å². The first-order chi connectivity index (χ1) is 9.76. The Balaban J connectivity index is 1.96. The minimum atomic E-state index is 0.623. The third-order valence-electron chi connectivity index (χ3n) is 3.99. The summed E-state index contributed by atoms with van der Waals surface area (Å²) in [5.41, 5.74) is 1.34. The second kappa shape index (κ2) is 8.35. The SMILES string of the molecule is CCNC(CCc1ccnn1C)C1SCCSC1CC. The fourth-order valence-electron chi connectivity index (χ4n) is 2.91. The lowest BCUT2D eigenvalue weighted by atomic mass is 10.0. The van der Waals surface area contributed by atoms with E-state index in [-0.39, 0.29) is 0 Å². The summed E-state index contributed by atoms with van der Waals surface area (Å²) in [5.74, 6) is 2.62. The molecule has 1 aromatic heterocycles. The van der Waals surface area contributed by atoms with Crippen LogP contribution in [0.25, 0.3) is 0 Å². The van der Waals surface area contributed by atoms with Crippen LogP contribution in [0.3, 0.4) is 0 Å². The van der Waals surface area contributed by atoms with Gasteiger partial charge in [-0.25, -0.2) is 0 Å². The van der Waals surface area contributed by atoms with Crippen molar-refractivity contribution in [3.8, 4) is 0 Å². The Morgan fingerprint density at radius 1 is 1.40 bits per heavy atom. The van der Waals surface area contributed by atoms with Gasteiger partial charge in [0.25, 0.3) is 0 Å². The van der Waals surface area contributed by atoms with Gasteiger partial charge < -0.3 is 5.32 Å². The molecule has 3 atom stereocenters. The molecule has 0 bridgehead atoms. The van der Waals surface area contributed by atoms with Crippen LogP contribution in [-0.4, -0.2) is 44.4 Å². The first-order valence-electron chi connectivity index (χ1n) is 7.69. The van der Waals surface area contributed by atoms with Gasteiger partial charge in [-0.05, 0) is 31.9 Å². The maximum Gasteiger partial charge on any atom is 0.0492 e. The predicted molar refractivity (Wildman–Crippen MR) is 91.8 cm³/mol. The van der Waals surface area contributed by atoms with Crippen molar-refractivity contribution in [2.24, 2.45) is 7.05 Å². The zero-order chi connectivity index (χ0) is 14.4. The molecule has 0 saturated carbocycles. The van der Waals surface area contributed by atoms with E-state index in [1.807, 2.05) is 17.9 Å². The van der Waals surface area contributed by atoms with Crippen molar-refractivity contribution in [1.29, 1.82) is 0 Å². The average molecular weight is 314 g/mol. The minimum absolute atomic E-state index is 0.623. The highest BCUT2D eigenvalue weighted by Gasteiger charge is 2.31. The molecule has 0 spiro atoms. The van der Waals surface area contributed by atoms with Crippen LogP contribution >= 0.6 is 23.5 Å². The lowest BCUT2D eigenvalue weighted by Crippen LogP contribution is -2.45. The molecule has 0 aliphatic carbocycles. The van der Waals surface area contributed by atoms with Crippen LogP contribution in [0.5, 0.6) is 0 Å². The van der Waals surface area contributed by atoms with E-state index in [1.165, 1.54) is 30.0 Å². The van der Waals surface area contributed by atoms with Gasteiger partial charge in [0.05, 0.1) is 0 Å². The smallest absolute Gasteiger partial charge is 0.0492 e. The Bertz CT molecular complexity index is 394. The van der Waals surface area contributed by atoms with Gasteiger partial charge in [0.1, 0.15) is 0 Å². The third-order valence-corrected chi connectivity index (χ3v) is 7.40. The molecule has 0 aromatic carbocycles. The van der Waals surface area contributed by atoms with Gasteiger partial charge in [-0.15, -0.1) is 0 Å². The fraction of sp³-hybridized carbons (Fsp3) is 0.800. The Hall–Kier alpha value is -0.130. The molecule has 0 amide bonds. The minimum Gasteiger partial charge on any atom is -0.313 e. The van der Waals surface area contributed by atoms with Crippen molar-refractivity contribution in [3.63, 3.8) is 0 Å². The number of hydrogen-bond donors (Lipinski definition) is 1. The molecule has 1 aromatic rings. The largest absolute Gasteiger partial charge is 0.313 e. The van der Waals surface area contributed by atoms with Gasteiger partial charge in [-0.2, -0.15) is 28.6 Å². The Kier molecular flexibility index (Phi) is 6.78. The Labute approximate surface area is 131 Å². The Morgan fingerprint density at radius 2 is 2.20 bits per heavy atom. The second-order valence-corrected chi connectivity index (χ2v) is 7.93. The van der Waals surface area contributed by atoms with E-state index in [9.17, 15) is 0 Å². The number of rotatable bonds is 7. The molecule has 2 rings (SSSR count). The van der Waals surface area contributed by atoms with E-state index in [2.05, 4.69) is 53.9 Å². The van der Waals surface area contributed by atoms with Gasteiger partial charge in [0.15, 0.2) is 0 Å². The number of thioether (sulfide) groups is 2. The topological polar surface area (TPSA) is 29.9 Å². The highest BCUT2D eigenvalue weighted by atomic mass is 32.2. The van der Waals surface area contributed by atoms with Crippen LogP contribution in [0.15, 0.2) is 12.3 Å². The summed E-state index contributed by atoms with van der Waals surface area (Å²) in [6.07, 6.45) is 5.52. The molecule has 114 valence electrons. The molecule has 20 heavy (non-hydrogen) atoms. The van der Waals surface area contributed by atoms with Crippen molar-refractivity contribution in [2.45, 2.75) is 49.7 Å². The molecule has 1 fully saturated rings. The molecule has 5 heteroatoms. The molecule has 3 nitrogen and oxygen atoms in total. The van der Waals surface area contributed by atoms with E-state index >= 15 is 0 Å². The first-order valence-corrected chi connectivity index (χ1v) is 9.79. The first kappa shape index (κ1) is 16.2. The quantitative estimate of drug-likeness (QED) is 0.838. The molecule has 0 radical (unpaired) electrons. The number of nitrogens with zero attached hydrogens (tertiary/aromatic N) is 2. The number of aromatic nitrogens is 2. The van der Waals surface area contributed by atoms with E-state index < -0.39 is 0 Å². The fourth-order valence-corrected chi connectivity index (χ4v) is 6.21. The van der Waals surface area contributed by atoms with E-state index in [0.29, 0.717) is 6.04 Å². The normalized spacial score (nSPS) is 24.8. The molecule has 1 aliphatic heterocycles. The number of hydrogen-bond acceptors (Lipinski definition) is 4. The maximum atomic E-state index is 4.27. The number of nitrogens with one attached hydrogen (secondary N) is 1. The van der Waals surface area contributed by atoms with Crippen LogP contribution in [0, 0.1) is 0 Å². The van der Waals surface area contributed by atoms with E-state index in [0.717, 1.165) is 23.5 Å². The van der Waals surface area contributed by atoms with Crippen molar-refractivity contribution < 1.29 is 0 Å². The zero-order valence-corrected chi connectivity index (χ0v) is 14.5. The van der Waals surface area contributed by atoms with Crippen LogP contribution in [-0.2, 0) is 13.5 Å². The molecule has 3 unspecified atom stereocenters. The molecular formula is C15H27N3S2. The second-order valence-electron chi connectivity index (χ2n) is 5.30. The van der Waals surface area contributed by atoms with Crippen LogP contribution in [0.4, 0.5) is 0 Å². The molecule has 2 heterocycles. The van der Waals surface area contributed by atoms with Gasteiger partial charge in [0, 0.05) is 47.0 Å². The van der Waals surface area contributed by atoms with Crippen LogP contribution in [0.1, 0.15) is 32.4 Å². The van der Waals surface area contributed by atoms with Gasteiger partial charge in [-0.1, -0.05) is 13.8 Å². The van der Waals surface area contributed by atoms with Gasteiger partial charge in [-0.3, -0.25) is 4.68 Å². The lowest BCUT2D eigenvalue weighted by Gasteiger charge is -2.36. The highest BCUT2D eigenvalue weighted by molar-refractivity contribution is 8.07. The summed E-state index contributed by atoms with van der Waals surface area (Å²) < 4.78 is 2.00. The molecule has 1 N–H and O–H groups in total. The molecule has 1 aliphatic rings. The van der Waals surface area contributed by atoms with Crippen molar-refractivity contribution in [2.75, 3.05) is 18.1 Å². The summed E-state index contributed by atoms with van der Waals surface area (Å²) in [6.45, 7) is 5.62. The summed E-state index contributed by atoms with van der Waals surface area (Å²) >= 11 is 4.35. The number of aryl methyl sites for hydroxylation is 2. The summed E-state index contributed by atoms with van der Waals surface area (Å²) in [7, 11) is 2.04. The van der Waals surface area contributed by atoms with Crippen molar-refractivity contribution in [3.05, 3.63) is 18.0 Å². The van der Waals surface area contributed by atoms with Crippen LogP contribution < -0.4 is 5.32 Å². The van der Waals surface area contributed by atoms with Gasteiger partial charge in [0.2, 0.25) is 0 Å². The predicted octanol–water partition coefficient (Wildman–Crippen LogP) is 2.96. The van der Waals surface area contributed by atoms with Crippen molar-refractivity contribution in [1.82, 2.24) is 15.1 Å². The lowest BCUT2D eigenvalue weighted by molar-refractivity contribution is 0.459. The monoisotopic (exact) mass is 313 g/mol. The average Bonchev–Trinajstić information content (AvgIpc) is 2.89. The van der Waals surface area contributed by atoms with E-state index in [1.54, 1.807) is 0 Å². The summed E-state index contributed by atoms with van der Waals surface area (Å²) in [4.78, 5) is 0. The third kappa shape index (κ3) is 4.18. The zero-order valence-electron chi connectivity index (χ0n) is 12.8. The Morgan fingerprint density at radius 3 is 2.85 bits per heavy atom. The van der Waals surface area contributed by atoms with Crippen molar-refractivity contribution >= 4 is 23.5 Å². The standard InChI is InChI=1S/C15H27N3S2/c1-4-14-15(20-11-10-19-14)13(16-5-2)7-6-12-8-9-17-18(12)3/h8-9,13-16H,4-7,10-11H2,1-3H3. The van der Waals surface area contributed by atoms with Crippen LogP contribution in [0.2, 0.25) is 0 Å². The molecule has 1 saturated heterocycles. The van der Waals surface area contributed by atoms with E-state index in [4.69, 9.17) is 0 Å². The summed E-state index contributed by atoms with van der Waals surface area (Å²) in [5, 5.41) is 9.57. The summed E-state index contributed by atoms with van der Waals surface area (Å²) in [6, 6.07) is 2.76. The maximum absolute atomic E-state index is 4.27.